The monoisotopic (exact) mass is 342 g/mol. The van der Waals surface area contributed by atoms with Gasteiger partial charge in [-0.25, -0.2) is 0 Å². The maximum absolute atomic E-state index is 12.3. The minimum absolute atomic E-state index is 0.119. The SMILES string of the molecule is CCC(CC)C(=O)N1CCN(C(=O)Cc2ccc(Cl)s2)CC1. The van der Waals surface area contributed by atoms with E-state index in [-0.39, 0.29) is 17.7 Å². The van der Waals surface area contributed by atoms with Crippen LogP contribution in [0.4, 0.5) is 0 Å². The molecule has 0 unspecified atom stereocenters. The lowest BCUT2D eigenvalue weighted by molar-refractivity contribution is -0.142. The molecule has 0 N–H and O–H groups in total. The Balaban J connectivity index is 1.83. The van der Waals surface area contributed by atoms with Gasteiger partial charge < -0.3 is 9.80 Å². The number of nitrogens with zero attached hydrogens (tertiary/aromatic N) is 2. The van der Waals surface area contributed by atoms with Crippen LogP contribution in [0.1, 0.15) is 31.6 Å². The van der Waals surface area contributed by atoms with Crippen molar-refractivity contribution in [2.45, 2.75) is 33.1 Å². The Hall–Kier alpha value is -1.07. The number of carbonyl (C=O) groups excluding carboxylic acids is 2. The number of rotatable bonds is 5. The molecule has 0 aromatic carbocycles. The van der Waals surface area contributed by atoms with Gasteiger partial charge in [0.25, 0.3) is 0 Å². The first-order valence-corrected chi connectivity index (χ1v) is 9.05. The van der Waals surface area contributed by atoms with Crippen molar-refractivity contribution >= 4 is 34.8 Å². The Bertz CT molecular complexity index is 520. The van der Waals surface area contributed by atoms with Gasteiger partial charge >= 0.3 is 0 Å². The molecule has 122 valence electrons. The highest BCUT2D eigenvalue weighted by Crippen LogP contribution is 2.22. The van der Waals surface area contributed by atoms with Gasteiger partial charge in [-0.2, -0.15) is 0 Å². The molecule has 4 nitrogen and oxygen atoms in total. The first kappa shape index (κ1) is 17.3. The van der Waals surface area contributed by atoms with Crippen LogP contribution in [0.15, 0.2) is 12.1 Å². The quantitative estimate of drug-likeness (QED) is 0.825. The first-order valence-electron chi connectivity index (χ1n) is 7.85. The van der Waals surface area contributed by atoms with Crippen LogP contribution in [0.2, 0.25) is 4.34 Å². The summed E-state index contributed by atoms with van der Waals surface area (Å²) in [4.78, 5) is 29.4. The summed E-state index contributed by atoms with van der Waals surface area (Å²) in [6.45, 7) is 6.65. The van der Waals surface area contributed by atoms with Crippen LogP contribution in [0.5, 0.6) is 0 Å². The molecule has 1 aromatic rings. The van der Waals surface area contributed by atoms with Crippen LogP contribution in [0.3, 0.4) is 0 Å². The average molecular weight is 343 g/mol. The zero-order chi connectivity index (χ0) is 16.1. The fourth-order valence-electron chi connectivity index (χ4n) is 2.78. The van der Waals surface area contributed by atoms with Crippen molar-refractivity contribution in [3.05, 3.63) is 21.3 Å². The third kappa shape index (κ3) is 4.23. The molecule has 22 heavy (non-hydrogen) atoms. The van der Waals surface area contributed by atoms with E-state index in [0.29, 0.717) is 36.9 Å². The van der Waals surface area contributed by atoms with E-state index in [4.69, 9.17) is 11.6 Å². The second-order valence-electron chi connectivity index (χ2n) is 5.60. The molecule has 1 aliphatic heterocycles. The predicted molar refractivity (Wildman–Crippen MR) is 90.3 cm³/mol. The maximum Gasteiger partial charge on any atom is 0.227 e. The minimum Gasteiger partial charge on any atom is -0.339 e. The van der Waals surface area contributed by atoms with Crippen molar-refractivity contribution in [1.29, 1.82) is 0 Å². The number of amides is 2. The van der Waals surface area contributed by atoms with Gasteiger partial charge in [0.05, 0.1) is 10.8 Å². The van der Waals surface area contributed by atoms with Gasteiger partial charge in [0.2, 0.25) is 11.8 Å². The van der Waals surface area contributed by atoms with Gasteiger partial charge in [0, 0.05) is 37.0 Å². The van der Waals surface area contributed by atoms with Gasteiger partial charge in [-0.05, 0) is 25.0 Å². The minimum atomic E-state index is 0.119. The molecule has 0 aliphatic carbocycles. The van der Waals surface area contributed by atoms with Crippen LogP contribution < -0.4 is 0 Å². The molecule has 1 fully saturated rings. The zero-order valence-corrected chi connectivity index (χ0v) is 14.8. The molecule has 1 saturated heterocycles. The summed E-state index contributed by atoms with van der Waals surface area (Å²) in [6.07, 6.45) is 2.17. The molecular weight excluding hydrogens is 320 g/mol. The first-order chi connectivity index (χ1) is 10.5. The van der Waals surface area contributed by atoms with Crippen LogP contribution >= 0.6 is 22.9 Å². The van der Waals surface area contributed by atoms with Crippen molar-refractivity contribution in [3.63, 3.8) is 0 Å². The summed E-state index contributed by atoms with van der Waals surface area (Å²) in [5.41, 5.74) is 0. The number of hydrogen-bond acceptors (Lipinski definition) is 3. The lowest BCUT2D eigenvalue weighted by atomic mass is 10.0. The summed E-state index contributed by atoms with van der Waals surface area (Å²) in [6, 6.07) is 3.72. The van der Waals surface area contributed by atoms with E-state index in [2.05, 4.69) is 13.8 Å². The molecule has 0 saturated carbocycles. The zero-order valence-electron chi connectivity index (χ0n) is 13.2. The third-order valence-electron chi connectivity index (χ3n) is 4.23. The highest BCUT2D eigenvalue weighted by atomic mass is 35.5. The Morgan fingerprint density at radius 3 is 2.23 bits per heavy atom. The molecule has 2 amide bonds. The molecule has 1 aliphatic rings. The second-order valence-corrected chi connectivity index (χ2v) is 7.40. The van der Waals surface area contributed by atoms with Crippen molar-refractivity contribution in [3.8, 4) is 0 Å². The average Bonchev–Trinajstić information content (AvgIpc) is 2.93. The van der Waals surface area contributed by atoms with E-state index in [1.807, 2.05) is 21.9 Å². The van der Waals surface area contributed by atoms with E-state index in [1.165, 1.54) is 11.3 Å². The molecule has 6 heteroatoms. The van der Waals surface area contributed by atoms with Crippen molar-refractivity contribution in [2.24, 2.45) is 5.92 Å². The molecule has 0 radical (unpaired) electrons. The predicted octanol–water partition coefficient (Wildman–Crippen LogP) is 3.05. The number of thiophene rings is 1. The van der Waals surface area contributed by atoms with Crippen LogP contribution in [0.25, 0.3) is 0 Å². The summed E-state index contributed by atoms with van der Waals surface area (Å²) in [5, 5.41) is 0. The molecule has 0 bridgehead atoms. The van der Waals surface area contributed by atoms with Crippen LogP contribution in [-0.2, 0) is 16.0 Å². The fourth-order valence-corrected chi connectivity index (χ4v) is 3.86. The Kier molecular flexibility index (Phi) is 6.26. The highest BCUT2D eigenvalue weighted by molar-refractivity contribution is 7.16. The van der Waals surface area contributed by atoms with E-state index in [0.717, 1.165) is 17.7 Å². The summed E-state index contributed by atoms with van der Waals surface area (Å²) >= 11 is 7.34. The van der Waals surface area contributed by atoms with Crippen molar-refractivity contribution in [1.82, 2.24) is 9.80 Å². The van der Waals surface area contributed by atoms with Crippen molar-refractivity contribution < 1.29 is 9.59 Å². The number of hydrogen-bond donors (Lipinski definition) is 0. The lowest BCUT2D eigenvalue weighted by Gasteiger charge is -2.36. The van der Waals surface area contributed by atoms with Gasteiger partial charge in [0.1, 0.15) is 0 Å². The van der Waals surface area contributed by atoms with E-state index in [9.17, 15) is 9.59 Å². The largest absolute Gasteiger partial charge is 0.339 e. The van der Waals surface area contributed by atoms with Gasteiger partial charge in [-0.15, -0.1) is 11.3 Å². The van der Waals surface area contributed by atoms with E-state index < -0.39 is 0 Å². The molecule has 1 aromatic heterocycles. The van der Waals surface area contributed by atoms with Gasteiger partial charge in [0.15, 0.2) is 0 Å². The molecule has 0 atom stereocenters. The Morgan fingerprint density at radius 1 is 1.14 bits per heavy atom. The Morgan fingerprint density at radius 2 is 1.73 bits per heavy atom. The van der Waals surface area contributed by atoms with Gasteiger partial charge in [-0.3, -0.25) is 9.59 Å². The second kappa shape index (κ2) is 7.97. The Labute approximate surface area is 141 Å². The topological polar surface area (TPSA) is 40.6 Å². The van der Waals surface area contributed by atoms with E-state index in [1.54, 1.807) is 0 Å². The smallest absolute Gasteiger partial charge is 0.227 e. The van der Waals surface area contributed by atoms with Gasteiger partial charge in [-0.1, -0.05) is 25.4 Å². The number of carbonyl (C=O) groups is 2. The third-order valence-corrected chi connectivity index (χ3v) is 5.46. The highest BCUT2D eigenvalue weighted by Gasteiger charge is 2.27. The van der Waals surface area contributed by atoms with Crippen molar-refractivity contribution in [2.75, 3.05) is 26.2 Å². The normalized spacial score (nSPS) is 15.5. The summed E-state index contributed by atoms with van der Waals surface area (Å²) < 4.78 is 0.711. The molecule has 2 heterocycles. The molecule has 2 rings (SSSR count). The van der Waals surface area contributed by atoms with Crippen LogP contribution in [-0.4, -0.2) is 47.8 Å². The molecule has 0 spiro atoms. The standard InChI is InChI=1S/C16H23ClN2O2S/c1-3-12(4-2)16(21)19-9-7-18(8-10-19)15(20)11-13-5-6-14(17)22-13/h5-6,12H,3-4,7-11H2,1-2H3. The van der Waals surface area contributed by atoms with E-state index >= 15 is 0 Å². The summed E-state index contributed by atoms with van der Waals surface area (Å²) in [5.74, 6) is 0.478. The number of halogens is 1. The van der Waals surface area contributed by atoms with Crippen LogP contribution in [0, 0.1) is 5.92 Å². The number of piperazine rings is 1. The lowest BCUT2D eigenvalue weighted by Crippen LogP contribution is -2.52. The maximum atomic E-state index is 12.3. The molecular formula is C16H23ClN2O2S. The fraction of sp³-hybridized carbons (Fsp3) is 0.625. The summed E-state index contributed by atoms with van der Waals surface area (Å²) in [7, 11) is 0.